The van der Waals surface area contributed by atoms with Crippen LogP contribution >= 0.6 is 0 Å². The lowest BCUT2D eigenvalue weighted by molar-refractivity contribution is -0.174. The number of sulfonamides is 1. The highest BCUT2D eigenvalue weighted by Gasteiger charge is 2.55. The van der Waals surface area contributed by atoms with Gasteiger partial charge in [-0.05, 0) is 31.9 Å². The Hall–Kier alpha value is -3.83. The normalized spacial score (nSPS) is 20.5. The number of carbonyl (C=O) groups excluding carboxylic acids is 4. The Morgan fingerprint density at radius 1 is 0.857 bits per heavy atom. The molecule has 1 aromatic rings. The third-order valence-corrected chi connectivity index (χ3v) is 10.4. The molecule has 2 amide bonds. The molecule has 2 N–H and O–H groups in total. The molecule has 0 heterocycles. The molecule has 49 heavy (non-hydrogen) atoms. The van der Waals surface area contributed by atoms with Gasteiger partial charge in [0.05, 0.1) is 37.5 Å². The van der Waals surface area contributed by atoms with Gasteiger partial charge in [-0.25, -0.2) is 18.0 Å². The molecule has 1 saturated carbocycles. The van der Waals surface area contributed by atoms with Crippen LogP contribution in [-0.2, 0) is 38.6 Å². The zero-order chi connectivity index (χ0) is 36.4. The summed E-state index contributed by atoms with van der Waals surface area (Å²) in [4.78, 5) is 52.8. The molecular formula is C35H53N3O10S. The Kier molecular flexibility index (Phi) is 18.0. The molecule has 13 nitrogen and oxygen atoms in total. The second-order valence-electron chi connectivity index (χ2n) is 12.2. The Morgan fingerprint density at radius 3 is 1.92 bits per heavy atom. The van der Waals surface area contributed by atoms with Crippen LogP contribution < -0.4 is 10.6 Å². The summed E-state index contributed by atoms with van der Waals surface area (Å²) in [6.07, 6.45) is 8.23. The number of ether oxygens (including phenoxy) is 4. The second-order valence-corrected chi connectivity index (χ2v) is 14.1. The van der Waals surface area contributed by atoms with E-state index in [1.54, 1.807) is 12.1 Å². The number of hydrogen-bond acceptors (Lipinski definition) is 10. The number of benzene rings is 1. The first-order valence-electron chi connectivity index (χ1n) is 17.0. The quantitative estimate of drug-likeness (QED) is 0.0900. The number of hydrogen-bond donors (Lipinski definition) is 2. The monoisotopic (exact) mass is 707 g/mol. The predicted molar refractivity (Wildman–Crippen MR) is 183 cm³/mol. The third kappa shape index (κ3) is 12.5. The summed E-state index contributed by atoms with van der Waals surface area (Å²) >= 11 is 0. The van der Waals surface area contributed by atoms with Crippen molar-refractivity contribution in [3.05, 3.63) is 29.8 Å². The SMILES string of the molecule is C#CCN(C[C@H]1[C@H](OC(=O)NCCCCCC)[C@H](OC(=O)NCCCCCC)C[C@@H](C(=O)OC)[C@H]1C(=O)OC)S(=O)(=O)c1ccc(C)cc1. The standard InChI is InChI=1S/C35H53N3O10S/c1-7-10-12-14-20-36-34(41)47-29-23-27(32(39)45-5)30(33(40)46-6)28(31(29)48-35(42)37-21-15-13-11-8-2)24-38(22-9-3)49(43,44)26-18-16-25(4)17-19-26/h3,16-19,27-31H,7-8,10-15,20-24H2,1-2,4-6H3,(H,36,41)(H,37,42)/t27-,28-,29-,30-,31+/m1/s1. The van der Waals surface area contributed by atoms with Gasteiger partial charge in [-0.15, -0.1) is 6.42 Å². The molecule has 0 spiro atoms. The van der Waals surface area contributed by atoms with Crippen LogP contribution in [0.3, 0.4) is 0 Å². The zero-order valence-corrected chi connectivity index (χ0v) is 30.2. The molecule has 1 aliphatic carbocycles. The topological polar surface area (TPSA) is 167 Å². The van der Waals surface area contributed by atoms with Crippen LogP contribution in [0, 0.1) is 37.0 Å². The number of esters is 2. The van der Waals surface area contributed by atoms with Crippen molar-refractivity contribution in [2.75, 3.05) is 40.4 Å². The van der Waals surface area contributed by atoms with Gasteiger partial charge in [0.25, 0.3) is 0 Å². The second kappa shape index (κ2) is 21.3. The fourth-order valence-electron chi connectivity index (χ4n) is 5.95. The van der Waals surface area contributed by atoms with Crippen LogP contribution in [0.15, 0.2) is 29.2 Å². The van der Waals surface area contributed by atoms with E-state index in [1.165, 1.54) is 12.1 Å². The Labute approximate surface area is 291 Å². The molecule has 274 valence electrons. The van der Waals surface area contributed by atoms with Crippen molar-refractivity contribution in [1.82, 2.24) is 14.9 Å². The van der Waals surface area contributed by atoms with Crippen molar-refractivity contribution in [1.29, 1.82) is 0 Å². The first-order chi connectivity index (χ1) is 23.4. The minimum atomic E-state index is -4.27. The maximum atomic E-state index is 13.9. The van der Waals surface area contributed by atoms with E-state index >= 15 is 0 Å². The number of unbranched alkanes of at least 4 members (excludes halogenated alkanes) is 6. The van der Waals surface area contributed by atoms with Crippen LogP contribution in [0.1, 0.15) is 77.2 Å². The number of rotatable bonds is 19. The lowest BCUT2D eigenvalue weighted by Gasteiger charge is -2.44. The molecular weight excluding hydrogens is 654 g/mol. The Morgan fingerprint density at radius 2 is 1.41 bits per heavy atom. The summed E-state index contributed by atoms with van der Waals surface area (Å²) in [5.41, 5.74) is 0.833. The van der Waals surface area contributed by atoms with E-state index in [-0.39, 0.29) is 11.3 Å². The Balaban J connectivity index is 2.60. The number of aryl methyl sites for hydroxylation is 1. The van der Waals surface area contributed by atoms with Crippen molar-refractivity contribution in [3.63, 3.8) is 0 Å². The van der Waals surface area contributed by atoms with Gasteiger partial charge < -0.3 is 29.6 Å². The maximum absolute atomic E-state index is 13.9. The minimum absolute atomic E-state index is 0.0548. The molecule has 0 aliphatic heterocycles. The molecule has 0 unspecified atom stereocenters. The molecule has 0 radical (unpaired) electrons. The average molecular weight is 708 g/mol. The highest BCUT2D eigenvalue weighted by atomic mass is 32.2. The fraction of sp³-hybridized carbons (Fsp3) is 0.657. The molecule has 1 aliphatic rings. The van der Waals surface area contributed by atoms with Crippen molar-refractivity contribution >= 4 is 34.1 Å². The van der Waals surface area contributed by atoms with Crippen molar-refractivity contribution < 1.29 is 46.5 Å². The molecule has 0 bridgehead atoms. The fourth-order valence-corrected chi connectivity index (χ4v) is 7.34. The maximum Gasteiger partial charge on any atom is 0.407 e. The summed E-state index contributed by atoms with van der Waals surface area (Å²) in [6, 6.07) is 6.13. The lowest BCUT2D eigenvalue weighted by Crippen LogP contribution is -2.59. The summed E-state index contributed by atoms with van der Waals surface area (Å²) < 4.78 is 50.7. The number of amides is 2. The molecule has 2 rings (SSSR count). The van der Waals surface area contributed by atoms with Crippen LogP contribution in [0.5, 0.6) is 0 Å². The van der Waals surface area contributed by atoms with Crippen molar-refractivity contribution in [3.8, 4) is 12.3 Å². The predicted octanol–water partition coefficient (Wildman–Crippen LogP) is 4.57. The first-order valence-corrected chi connectivity index (χ1v) is 18.4. The van der Waals surface area contributed by atoms with Crippen LogP contribution in [0.25, 0.3) is 0 Å². The zero-order valence-electron chi connectivity index (χ0n) is 29.4. The Bertz CT molecular complexity index is 1360. The smallest absolute Gasteiger partial charge is 0.407 e. The summed E-state index contributed by atoms with van der Waals surface area (Å²) in [7, 11) is -1.99. The molecule has 5 atom stereocenters. The van der Waals surface area contributed by atoms with Crippen LogP contribution in [0.4, 0.5) is 9.59 Å². The van der Waals surface area contributed by atoms with E-state index in [9.17, 15) is 27.6 Å². The number of nitrogens with zero attached hydrogens (tertiary/aromatic N) is 1. The van der Waals surface area contributed by atoms with Gasteiger partial charge in [0.1, 0.15) is 12.2 Å². The highest BCUT2D eigenvalue weighted by molar-refractivity contribution is 7.89. The van der Waals surface area contributed by atoms with Crippen LogP contribution in [-0.4, -0.2) is 89.5 Å². The number of methoxy groups -OCH3 is 2. The van der Waals surface area contributed by atoms with E-state index in [2.05, 4.69) is 30.4 Å². The van der Waals surface area contributed by atoms with E-state index in [0.717, 1.165) is 62.6 Å². The van der Waals surface area contributed by atoms with E-state index in [1.807, 2.05) is 6.92 Å². The summed E-state index contributed by atoms with van der Waals surface area (Å²) in [5, 5.41) is 5.38. The molecule has 14 heteroatoms. The van der Waals surface area contributed by atoms with E-state index in [0.29, 0.717) is 25.9 Å². The highest BCUT2D eigenvalue weighted by Crippen LogP contribution is 2.41. The van der Waals surface area contributed by atoms with Gasteiger partial charge in [0.15, 0.2) is 0 Å². The average Bonchev–Trinajstić information content (AvgIpc) is 3.08. The molecule has 0 saturated heterocycles. The number of nitrogens with one attached hydrogen (secondary N) is 2. The van der Waals surface area contributed by atoms with Crippen molar-refractivity contribution in [2.24, 2.45) is 17.8 Å². The number of terminal acetylenes is 1. The van der Waals surface area contributed by atoms with E-state index < -0.39 is 77.2 Å². The first kappa shape index (κ1) is 41.3. The molecule has 1 fully saturated rings. The van der Waals surface area contributed by atoms with Gasteiger partial charge >= 0.3 is 24.1 Å². The lowest BCUT2D eigenvalue weighted by atomic mass is 9.68. The number of carbonyl (C=O) groups is 4. The summed E-state index contributed by atoms with van der Waals surface area (Å²) in [5.74, 6) is -3.17. The van der Waals surface area contributed by atoms with Gasteiger partial charge in [0, 0.05) is 32.0 Å². The number of alkyl carbamates (subject to hydrolysis) is 2. The largest absolute Gasteiger partial charge is 0.469 e. The summed E-state index contributed by atoms with van der Waals surface area (Å²) in [6.45, 7) is 5.67. The van der Waals surface area contributed by atoms with Gasteiger partial charge in [-0.1, -0.05) is 76.0 Å². The molecule has 0 aromatic heterocycles. The molecule has 1 aromatic carbocycles. The van der Waals surface area contributed by atoms with Crippen LogP contribution in [0.2, 0.25) is 0 Å². The third-order valence-electron chi connectivity index (χ3n) is 8.59. The van der Waals surface area contributed by atoms with E-state index in [4.69, 9.17) is 25.4 Å². The van der Waals surface area contributed by atoms with Gasteiger partial charge in [-0.3, -0.25) is 9.59 Å². The minimum Gasteiger partial charge on any atom is -0.469 e. The van der Waals surface area contributed by atoms with Gasteiger partial charge in [0.2, 0.25) is 10.0 Å². The van der Waals surface area contributed by atoms with Gasteiger partial charge in [-0.2, -0.15) is 4.31 Å². The van der Waals surface area contributed by atoms with Crippen molar-refractivity contribution in [2.45, 2.75) is 95.7 Å².